The molecular formula is C43H61N3O2. The molecule has 260 valence electrons. The van der Waals surface area contributed by atoms with Crippen molar-refractivity contribution in [3.8, 4) is 0 Å². The smallest absolute Gasteiger partial charge is 0.227 e. The van der Waals surface area contributed by atoms with Gasteiger partial charge < -0.3 is 9.84 Å². The minimum atomic E-state index is -0.267. The van der Waals surface area contributed by atoms with E-state index in [1.807, 2.05) is 6.20 Å². The Kier molecular flexibility index (Phi) is 7.55. The van der Waals surface area contributed by atoms with Crippen LogP contribution in [0.5, 0.6) is 0 Å². The number of amides is 1. The second-order valence-corrected chi connectivity index (χ2v) is 19.5. The van der Waals surface area contributed by atoms with Crippen molar-refractivity contribution < 1.29 is 9.32 Å². The molecule has 6 aliphatic rings. The van der Waals surface area contributed by atoms with E-state index in [-0.39, 0.29) is 38.5 Å². The molecule has 1 aliphatic heterocycles. The van der Waals surface area contributed by atoms with Gasteiger partial charge in [-0.25, -0.2) is 0 Å². The lowest BCUT2D eigenvalue weighted by Gasteiger charge is -2.70. The number of fused-ring (bicyclic) bond motifs is 8. The molecule has 1 aromatic heterocycles. The summed E-state index contributed by atoms with van der Waals surface area (Å²) >= 11 is 0. The standard InChI is InChI=1S/C43H61N3O2/c1-38(2)19-21-43(37(47)45-31-16-23-46(24-17-31)28-29-11-9-8-10-12-29)22-20-41(6)32(33(43)26-38)13-14-35-40(5)25-30-27-44-48-36(30)39(3,4)34(40)15-18-42(35,41)7/h8-13,27,31,33-35H,14-26,28H2,1-7H3,(H,45,47)/t33-,34?,35+,40-,41+,42+,43-/m0/s1. The molecule has 1 saturated heterocycles. The predicted octanol–water partition coefficient (Wildman–Crippen LogP) is 9.27. The first-order valence-corrected chi connectivity index (χ1v) is 19.4. The highest BCUT2D eigenvalue weighted by Crippen LogP contribution is 2.75. The molecule has 48 heavy (non-hydrogen) atoms. The van der Waals surface area contributed by atoms with Gasteiger partial charge in [0.15, 0.2) is 0 Å². The monoisotopic (exact) mass is 651 g/mol. The van der Waals surface area contributed by atoms with Gasteiger partial charge in [0.2, 0.25) is 5.91 Å². The fourth-order valence-electron chi connectivity index (χ4n) is 13.3. The highest BCUT2D eigenvalue weighted by Gasteiger charge is 2.69. The molecule has 1 amide bonds. The molecule has 0 radical (unpaired) electrons. The second-order valence-electron chi connectivity index (χ2n) is 19.5. The van der Waals surface area contributed by atoms with Crippen LogP contribution in [0.15, 0.2) is 52.7 Å². The zero-order chi connectivity index (χ0) is 33.7. The summed E-state index contributed by atoms with van der Waals surface area (Å²) in [5.74, 6) is 3.05. The molecule has 3 saturated carbocycles. The van der Waals surface area contributed by atoms with Gasteiger partial charge in [0.25, 0.3) is 0 Å². The molecule has 5 heteroatoms. The van der Waals surface area contributed by atoms with E-state index >= 15 is 0 Å². The molecule has 5 nitrogen and oxygen atoms in total. The van der Waals surface area contributed by atoms with E-state index in [0.717, 1.165) is 83.2 Å². The van der Waals surface area contributed by atoms with Gasteiger partial charge in [-0.05, 0) is 116 Å². The summed E-state index contributed by atoms with van der Waals surface area (Å²) in [7, 11) is 0. The van der Waals surface area contributed by atoms with E-state index in [9.17, 15) is 4.79 Å². The number of hydrogen-bond acceptors (Lipinski definition) is 4. The summed E-state index contributed by atoms with van der Waals surface area (Å²) in [6.07, 6.45) is 17.0. The number of rotatable bonds is 4. The molecule has 0 spiro atoms. The Hall–Kier alpha value is -2.40. The Labute approximate surface area is 290 Å². The average molecular weight is 652 g/mol. The highest BCUT2D eigenvalue weighted by molar-refractivity contribution is 5.84. The van der Waals surface area contributed by atoms with Gasteiger partial charge in [-0.2, -0.15) is 0 Å². The van der Waals surface area contributed by atoms with Crippen LogP contribution in [0.3, 0.4) is 0 Å². The summed E-state index contributed by atoms with van der Waals surface area (Å²) in [6, 6.07) is 11.1. The van der Waals surface area contributed by atoms with Crippen LogP contribution < -0.4 is 5.32 Å². The summed E-state index contributed by atoms with van der Waals surface area (Å²) in [5.41, 5.74) is 4.90. The average Bonchev–Trinajstić information content (AvgIpc) is 3.51. The second kappa shape index (κ2) is 11.0. The number of benzene rings is 1. The molecule has 0 bridgehead atoms. The number of likely N-dealkylation sites (tertiary alicyclic amines) is 1. The number of piperidine rings is 1. The van der Waals surface area contributed by atoms with Crippen LogP contribution >= 0.6 is 0 Å². The van der Waals surface area contributed by atoms with Crippen molar-refractivity contribution in [2.45, 2.75) is 137 Å². The normalized spacial score (nSPS) is 40.3. The van der Waals surface area contributed by atoms with Crippen molar-refractivity contribution in [3.63, 3.8) is 0 Å². The van der Waals surface area contributed by atoms with E-state index < -0.39 is 0 Å². The number of carbonyl (C=O) groups excluding carboxylic acids is 1. The van der Waals surface area contributed by atoms with Crippen LogP contribution in [-0.2, 0) is 23.2 Å². The number of allylic oxidation sites excluding steroid dienone is 2. The van der Waals surface area contributed by atoms with E-state index in [1.165, 1.54) is 24.0 Å². The van der Waals surface area contributed by atoms with Crippen LogP contribution in [0.2, 0.25) is 0 Å². The van der Waals surface area contributed by atoms with Gasteiger partial charge in [0, 0.05) is 36.7 Å². The topological polar surface area (TPSA) is 58.4 Å². The summed E-state index contributed by atoms with van der Waals surface area (Å²) < 4.78 is 5.93. The van der Waals surface area contributed by atoms with Gasteiger partial charge in [0.05, 0.1) is 11.6 Å². The van der Waals surface area contributed by atoms with Crippen molar-refractivity contribution in [3.05, 3.63) is 65.1 Å². The SMILES string of the molecule is CC1(C)CC[C@]2(C(=O)NC3CCN(Cc4ccccc4)CC3)CC[C@]3(C)C(=CC[C@@H]4[C@@]5(C)Cc6cnoc6C(C)(C)C5CC[C@]43C)[C@@H]2C1. The molecule has 1 N–H and O–H groups in total. The van der Waals surface area contributed by atoms with Crippen LogP contribution in [-0.4, -0.2) is 35.1 Å². The number of nitrogens with zero attached hydrogens (tertiary/aromatic N) is 2. The first-order valence-electron chi connectivity index (χ1n) is 19.4. The molecule has 2 aromatic rings. The number of aromatic nitrogens is 1. The summed E-state index contributed by atoms with van der Waals surface area (Å²) in [4.78, 5) is 17.3. The summed E-state index contributed by atoms with van der Waals surface area (Å²) in [6.45, 7) is 20.8. The third-order valence-electron chi connectivity index (χ3n) is 16.2. The first-order chi connectivity index (χ1) is 22.7. The van der Waals surface area contributed by atoms with Gasteiger partial charge in [-0.3, -0.25) is 9.69 Å². The minimum Gasteiger partial charge on any atom is -0.361 e. The van der Waals surface area contributed by atoms with Crippen LogP contribution in [0.25, 0.3) is 0 Å². The Bertz CT molecular complexity index is 1580. The van der Waals surface area contributed by atoms with E-state index in [2.05, 4.69) is 100 Å². The van der Waals surface area contributed by atoms with Crippen LogP contribution in [0.4, 0.5) is 0 Å². The molecule has 7 atom stereocenters. The lowest BCUT2D eigenvalue weighted by atomic mass is 9.33. The van der Waals surface area contributed by atoms with E-state index in [1.54, 1.807) is 5.57 Å². The summed E-state index contributed by atoms with van der Waals surface area (Å²) in [5, 5.41) is 8.02. The fourth-order valence-corrected chi connectivity index (χ4v) is 13.3. The molecule has 8 rings (SSSR count). The first kappa shape index (κ1) is 32.8. The maximum Gasteiger partial charge on any atom is 0.227 e. The molecule has 1 unspecified atom stereocenters. The Balaban J connectivity index is 1.06. The van der Waals surface area contributed by atoms with Crippen molar-refractivity contribution >= 4 is 5.91 Å². The number of carbonyl (C=O) groups is 1. The van der Waals surface area contributed by atoms with Crippen molar-refractivity contribution in [1.29, 1.82) is 0 Å². The Morgan fingerprint density at radius 2 is 1.65 bits per heavy atom. The Morgan fingerprint density at radius 3 is 2.40 bits per heavy atom. The maximum absolute atomic E-state index is 14.8. The molecule has 1 aromatic carbocycles. The predicted molar refractivity (Wildman–Crippen MR) is 192 cm³/mol. The van der Waals surface area contributed by atoms with Crippen LogP contribution in [0, 0.1) is 44.8 Å². The third-order valence-corrected chi connectivity index (χ3v) is 16.2. The van der Waals surface area contributed by atoms with Gasteiger partial charge in [-0.15, -0.1) is 0 Å². The molecule has 5 aliphatic carbocycles. The minimum absolute atomic E-state index is 0.00401. The zero-order valence-corrected chi connectivity index (χ0v) is 31.0. The zero-order valence-electron chi connectivity index (χ0n) is 31.0. The highest BCUT2D eigenvalue weighted by atomic mass is 16.5. The van der Waals surface area contributed by atoms with Crippen LogP contribution in [0.1, 0.15) is 130 Å². The largest absolute Gasteiger partial charge is 0.361 e. The van der Waals surface area contributed by atoms with Gasteiger partial charge in [0.1, 0.15) is 5.76 Å². The Morgan fingerprint density at radius 1 is 0.917 bits per heavy atom. The van der Waals surface area contributed by atoms with Crippen molar-refractivity contribution in [2.24, 2.45) is 44.8 Å². The number of nitrogens with one attached hydrogen (secondary N) is 1. The third kappa shape index (κ3) is 4.71. The fraction of sp³-hybridized carbons (Fsp3) is 0.721. The van der Waals surface area contributed by atoms with Crippen molar-refractivity contribution in [1.82, 2.24) is 15.4 Å². The maximum atomic E-state index is 14.8. The lowest BCUT2D eigenvalue weighted by molar-refractivity contribution is -0.169. The van der Waals surface area contributed by atoms with Gasteiger partial charge in [-0.1, -0.05) is 95.6 Å². The van der Waals surface area contributed by atoms with Gasteiger partial charge >= 0.3 is 0 Å². The molecular weight excluding hydrogens is 590 g/mol. The lowest BCUT2D eigenvalue weighted by Crippen LogP contribution is -2.65. The molecule has 2 heterocycles. The quantitative estimate of drug-likeness (QED) is 0.335. The van der Waals surface area contributed by atoms with E-state index in [0.29, 0.717) is 23.7 Å². The van der Waals surface area contributed by atoms with Crippen molar-refractivity contribution in [2.75, 3.05) is 13.1 Å². The van der Waals surface area contributed by atoms with E-state index in [4.69, 9.17) is 4.52 Å². The molecule has 4 fully saturated rings. The number of hydrogen-bond donors (Lipinski definition) is 1.